The van der Waals surface area contributed by atoms with Crippen LogP contribution in [0.1, 0.15) is 25.5 Å². The Balaban J connectivity index is 3.20. The van der Waals surface area contributed by atoms with Gasteiger partial charge in [-0.15, -0.1) is 0 Å². The Morgan fingerprint density at radius 2 is 1.92 bits per heavy atom. The Kier molecular flexibility index (Phi) is 10.7. The maximum absolute atomic E-state index is 11.7. The van der Waals surface area contributed by atoms with Gasteiger partial charge in [0.2, 0.25) is 0 Å². The van der Waals surface area contributed by atoms with Crippen LogP contribution in [0.4, 0.5) is 0 Å². The molecule has 0 bridgehead atoms. The van der Waals surface area contributed by atoms with Crippen molar-refractivity contribution in [1.82, 2.24) is 0 Å². The van der Waals surface area contributed by atoms with E-state index >= 15 is 0 Å². The summed E-state index contributed by atoms with van der Waals surface area (Å²) in [5.41, 5.74) is -0.364. The van der Waals surface area contributed by atoms with E-state index in [1.54, 1.807) is 0 Å². The zero-order valence-electron chi connectivity index (χ0n) is 17.3. The molecule has 1 heterocycles. The fourth-order valence-electron chi connectivity index (χ4n) is 3.62. The SMILES string of the molecule is [10BH-][10B]([10BH2])[10B]([10B]([10BH2])[10BH2])[10B]([10B]=S(CCCC)Cc1cc(=O)c(O)co1)[10B]([10BH2])[10BH2]. The summed E-state index contributed by atoms with van der Waals surface area (Å²) in [7, 11) is 15.8. The predicted molar refractivity (Wildman–Crippen MR) is 142 cm³/mol. The fraction of sp³-hybridized carbons (Fsp3) is 0.500. The normalized spacial score (nSPS) is 11.5. The second-order valence-corrected chi connectivity index (χ2v) is 10.1. The van der Waals surface area contributed by atoms with E-state index in [1.807, 2.05) is 0 Å². The number of aromatic hydroxyl groups is 1. The van der Waals surface area contributed by atoms with Crippen LogP contribution in [0, 0.1) is 0 Å². The third-order valence-electron chi connectivity index (χ3n) is 4.94. The first kappa shape index (κ1) is 23.9. The zero-order valence-corrected chi connectivity index (χ0v) is 18.1. The first-order valence-electron chi connectivity index (χ1n) is 9.82. The Morgan fingerprint density at radius 1 is 1.27 bits per heavy atom. The first-order chi connectivity index (χ1) is 12.2. The van der Waals surface area contributed by atoms with Crippen molar-refractivity contribution in [2.24, 2.45) is 0 Å². The van der Waals surface area contributed by atoms with Crippen molar-refractivity contribution in [2.75, 3.05) is 5.75 Å². The number of unbranched alkanes of at least 4 members (excludes halogenated alkanes) is 1. The molecule has 1 rings (SSSR count). The van der Waals surface area contributed by atoms with Crippen LogP contribution in [0.2, 0.25) is 0 Å². The minimum absolute atomic E-state index is 0.0384. The fourth-order valence-corrected chi connectivity index (χ4v) is 6.11. The van der Waals surface area contributed by atoms with Crippen LogP contribution in [-0.2, 0) is 5.75 Å². The molecule has 2 radical (unpaired) electrons. The summed E-state index contributed by atoms with van der Waals surface area (Å²) < 4.78 is 5.47. The second-order valence-electron chi connectivity index (χ2n) is 8.09. The van der Waals surface area contributed by atoms with E-state index < -0.39 is 0 Å². The molecule has 3 nitrogen and oxygen atoms in total. The van der Waals surface area contributed by atoms with Crippen molar-refractivity contribution >= 4 is 94.7 Å². The van der Waals surface area contributed by atoms with E-state index in [-0.39, 0.29) is 21.5 Å². The molecule has 16 heteroatoms. The summed E-state index contributed by atoms with van der Waals surface area (Å²) in [6.07, 6.45) is 6.03. The molecule has 0 amide bonds. The van der Waals surface area contributed by atoms with Gasteiger partial charge < -0.3 is 0 Å². The third kappa shape index (κ3) is 7.48. The Hall–Kier alpha value is -0.121. The summed E-state index contributed by atoms with van der Waals surface area (Å²) in [5, 5.41) is 9.41. The van der Waals surface area contributed by atoms with Gasteiger partial charge in [-0.1, -0.05) is 0 Å². The standard InChI is InChI=1S/C10H25B12O3S/c1-2-3-4-26(7-8-5-9(23)10(24)6-25-8)17-21(18(11)12)22(19(13)14)20(15)16/h5-6,13,24H,2-4,7,11-12,14-16H2,1H3/q-1/i11-1,12-1,13-1,14-1,15-1,16-1,17-1,18-1,19-1,20-1,21-1,22-1. The molecule has 0 saturated heterocycles. The van der Waals surface area contributed by atoms with Gasteiger partial charge in [0.05, 0.1) is 0 Å². The van der Waals surface area contributed by atoms with Crippen LogP contribution >= 0.6 is 10.3 Å². The summed E-state index contributed by atoms with van der Waals surface area (Å²) >= 11 is 0. The van der Waals surface area contributed by atoms with Crippen molar-refractivity contribution in [3.8, 4) is 5.75 Å². The second kappa shape index (κ2) is 11.7. The van der Waals surface area contributed by atoms with Crippen molar-refractivity contribution < 1.29 is 9.52 Å². The van der Waals surface area contributed by atoms with Crippen LogP contribution < -0.4 is 5.43 Å². The van der Waals surface area contributed by atoms with E-state index in [0.29, 0.717) is 37.7 Å². The molecule has 0 fully saturated rings. The maximum atomic E-state index is 11.7. The molecule has 0 aromatic carbocycles. The van der Waals surface area contributed by atoms with Gasteiger partial charge in [-0.25, -0.2) is 0 Å². The molecule has 0 aliphatic carbocycles. The molecular weight excluding hydrogens is 320 g/mol. The average molecular weight is 346 g/mol. The molecule has 0 aliphatic heterocycles. The Labute approximate surface area is 169 Å². The first-order valence-corrected chi connectivity index (χ1v) is 11.4. The van der Waals surface area contributed by atoms with Crippen LogP contribution in [-0.4, -0.2) is 95.3 Å². The van der Waals surface area contributed by atoms with Gasteiger partial charge in [0.25, 0.3) is 0 Å². The van der Waals surface area contributed by atoms with Crippen LogP contribution in [0.5, 0.6) is 5.75 Å². The average Bonchev–Trinajstić information content (AvgIpc) is 2.54. The van der Waals surface area contributed by atoms with Gasteiger partial charge in [-0.3, -0.25) is 0 Å². The number of hydrogen-bond donors (Lipinski definition) is 1. The quantitative estimate of drug-likeness (QED) is 0.432. The van der Waals surface area contributed by atoms with E-state index in [2.05, 4.69) is 59.4 Å². The zero-order chi connectivity index (χ0) is 19.9. The third-order valence-corrected chi connectivity index (χ3v) is 7.11. The minimum atomic E-state index is -0.364. The monoisotopic (exact) mass is 345 g/mol. The van der Waals surface area contributed by atoms with Gasteiger partial charge in [-0.2, -0.15) is 0 Å². The molecule has 126 valence electrons. The number of hydrogen-bond acceptors (Lipinski definition) is 3. The summed E-state index contributed by atoms with van der Waals surface area (Å²) in [5.74, 6) is 2.18. The topological polar surface area (TPSA) is 50.4 Å². The summed E-state index contributed by atoms with van der Waals surface area (Å²) in [6, 6.07) is 3.96. The molecular formula is C10H25B12O3S-. The van der Waals surface area contributed by atoms with Gasteiger partial charge >= 0.3 is 170 Å². The molecule has 1 unspecified atom stereocenters. The molecule has 1 aromatic heterocycles. The molecule has 1 N–H and O–H groups in total. The van der Waals surface area contributed by atoms with Crippen molar-refractivity contribution in [3.05, 3.63) is 28.3 Å². The van der Waals surface area contributed by atoms with E-state index in [4.69, 9.17) is 4.42 Å². The molecule has 0 saturated carbocycles. The molecule has 1 atom stereocenters. The predicted octanol–water partition coefficient (Wildman–Crippen LogP) is -5.14. The van der Waals surface area contributed by atoms with Crippen molar-refractivity contribution in [1.29, 1.82) is 0 Å². The van der Waals surface area contributed by atoms with Crippen molar-refractivity contribution in [3.63, 3.8) is 0 Å². The van der Waals surface area contributed by atoms with Gasteiger partial charge in [-0.05, 0) is 0 Å². The summed E-state index contributed by atoms with van der Waals surface area (Å²) in [6.45, 7) is 2.21. The van der Waals surface area contributed by atoms with Gasteiger partial charge in [0.1, 0.15) is 0 Å². The summed E-state index contributed by atoms with van der Waals surface area (Å²) in [4.78, 5) is 11.7. The molecule has 26 heavy (non-hydrogen) atoms. The van der Waals surface area contributed by atoms with E-state index in [9.17, 15) is 9.90 Å². The van der Waals surface area contributed by atoms with Gasteiger partial charge in [0, 0.05) is 0 Å². The molecule has 0 spiro atoms. The van der Waals surface area contributed by atoms with Crippen LogP contribution in [0.25, 0.3) is 0 Å². The molecule has 0 aliphatic rings. The number of rotatable bonds is 10. The molecule has 1 aromatic rings. The Morgan fingerprint density at radius 3 is 2.38 bits per heavy atom. The van der Waals surface area contributed by atoms with Gasteiger partial charge in [0.15, 0.2) is 0 Å². The van der Waals surface area contributed by atoms with E-state index in [1.165, 1.54) is 12.5 Å². The van der Waals surface area contributed by atoms with Crippen LogP contribution in [0.15, 0.2) is 21.5 Å². The van der Waals surface area contributed by atoms with Crippen LogP contribution in [0.3, 0.4) is 0 Å². The van der Waals surface area contributed by atoms with Crippen molar-refractivity contribution in [2.45, 2.75) is 25.5 Å². The Bertz CT molecular complexity index is 642. The van der Waals surface area contributed by atoms with E-state index in [0.717, 1.165) is 24.2 Å².